The van der Waals surface area contributed by atoms with E-state index in [0.29, 0.717) is 12.8 Å². The van der Waals surface area contributed by atoms with Crippen LogP contribution in [0.5, 0.6) is 0 Å². The number of unbranched alkanes of at least 4 members (excludes halogenated alkanes) is 6. The summed E-state index contributed by atoms with van der Waals surface area (Å²) in [5, 5.41) is 20.6. The van der Waals surface area contributed by atoms with Crippen molar-refractivity contribution < 1.29 is 10.2 Å². The van der Waals surface area contributed by atoms with E-state index in [2.05, 4.69) is 62.0 Å². The predicted octanol–water partition coefficient (Wildman–Crippen LogP) is 6.13. The third kappa shape index (κ3) is 46.5. The summed E-state index contributed by atoms with van der Waals surface area (Å²) in [4.78, 5) is 4.59. The van der Waals surface area contributed by atoms with Crippen LogP contribution < -0.4 is 10.2 Å². The molecule has 0 aliphatic carbocycles. The van der Waals surface area contributed by atoms with Gasteiger partial charge in [-0.1, -0.05) is 89.2 Å². The second kappa shape index (κ2) is 26.6. The summed E-state index contributed by atoms with van der Waals surface area (Å²) in [6.45, 7) is 8.97. The molecule has 0 aromatic rings. The van der Waals surface area contributed by atoms with E-state index in [0.717, 1.165) is 37.5 Å². The molecule has 0 aliphatic rings. The summed E-state index contributed by atoms with van der Waals surface area (Å²) in [5.41, 5.74) is 0. The molecular formula is C22H44O2S2Sn. The van der Waals surface area contributed by atoms with Gasteiger partial charge in [-0.15, -0.1) is 24.4 Å². The Kier molecular flexibility index (Phi) is 31.7. The average molecular weight is 523 g/mol. The topological polar surface area (TPSA) is 46.1 Å². The molecule has 0 unspecified atom stereocenters. The maximum atomic E-state index is 10.4. The first-order valence-electron chi connectivity index (χ1n) is 10.6. The van der Waals surface area contributed by atoms with Crippen molar-refractivity contribution in [1.29, 1.82) is 0 Å². The van der Waals surface area contributed by atoms with Crippen LogP contribution in [0, 0.1) is 11.8 Å². The monoisotopic (exact) mass is 524 g/mol. The number of thiocarbonyl (C=S) groups is 2. The van der Waals surface area contributed by atoms with Crippen LogP contribution in [0.4, 0.5) is 0 Å². The predicted molar refractivity (Wildman–Crippen MR) is 128 cm³/mol. The molecule has 0 fully saturated rings. The van der Waals surface area contributed by atoms with E-state index in [-0.39, 0.29) is 31.2 Å². The van der Waals surface area contributed by atoms with Gasteiger partial charge in [-0.25, -0.2) is 0 Å². The number of hydrogen-bond acceptors (Lipinski definition) is 4. The molecule has 0 aliphatic heterocycles. The summed E-state index contributed by atoms with van der Waals surface area (Å²) in [7, 11) is 0. The minimum atomic E-state index is -0.0844. The Bertz CT molecular complexity index is 291. The van der Waals surface area contributed by atoms with Gasteiger partial charge in [0.25, 0.3) is 0 Å². The van der Waals surface area contributed by atoms with E-state index in [1.54, 1.807) is 0 Å². The molecule has 0 aromatic carbocycles. The zero-order valence-electron chi connectivity index (χ0n) is 18.8. The van der Waals surface area contributed by atoms with Crippen molar-refractivity contribution in [2.24, 2.45) is 11.8 Å². The first-order valence-corrected chi connectivity index (χ1v) is 17.2. The third-order valence-corrected chi connectivity index (χ3v) is 4.23. The normalized spacial score (nSPS) is 9.78. The van der Waals surface area contributed by atoms with Crippen LogP contribution in [-0.4, -0.2) is 31.2 Å². The van der Waals surface area contributed by atoms with Crippen LogP contribution in [-0.2, 0) is 0 Å². The standard InChI is InChI=1S/2C10H20OS.2CH3.Sn/c2*1-9(2)7-5-3-4-6-8-10(11)12;;;/h2*9H,3-8H2,1-2H3,(H,11,12);2*1H3;/q;;;;+2/p-2. The third-order valence-electron chi connectivity index (χ3n) is 3.82. The number of rotatable bonds is 14. The van der Waals surface area contributed by atoms with Crippen molar-refractivity contribution in [1.82, 2.24) is 0 Å². The molecule has 0 spiro atoms. The molecule has 0 N–H and O–H groups in total. The molecule has 0 atom stereocenters. The second-order valence-corrected chi connectivity index (χ2v) is 11.7. The zero-order chi connectivity index (χ0) is 21.5. The Morgan fingerprint density at radius 3 is 1.11 bits per heavy atom. The van der Waals surface area contributed by atoms with E-state index in [1.807, 2.05) is 0 Å². The average Bonchev–Trinajstić information content (AvgIpc) is 2.54. The minimum absolute atomic E-state index is 0.0844. The Morgan fingerprint density at radius 2 is 0.889 bits per heavy atom. The van der Waals surface area contributed by atoms with Gasteiger partial charge < -0.3 is 10.2 Å². The summed E-state index contributed by atoms with van der Waals surface area (Å²) >= 11 is 9.15. The van der Waals surface area contributed by atoms with Crippen molar-refractivity contribution in [2.45, 2.75) is 115 Å². The summed E-state index contributed by atoms with van der Waals surface area (Å²) in [6, 6.07) is 0. The van der Waals surface area contributed by atoms with Crippen LogP contribution in [0.3, 0.4) is 0 Å². The van der Waals surface area contributed by atoms with Crippen LogP contribution in [0.2, 0.25) is 9.88 Å². The van der Waals surface area contributed by atoms with Crippen LogP contribution in [0.1, 0.15) is 105 Å². The molecule has 160 valence electrons. The Balaban J connectivity index is -0.000000372. The van der Waals surface area contributed by atoms with Crippen LogP contribution in [0.25, 0.3) is 0 Å². The zero-order valence-corrected chi connectivity index (χ0v) is 23.3. The summed E-state index contributed by atoms with van der Waals surface area (Å²) < 4.78 is 0. The molecule has 0 saturated heterocycles. The van der Waals surface area contributed by atoms with E-state index in [1.165, 1.54) is 38.5 Å². The fourth-order valence-electron chi connectivity index (χ4n) is 2.35. The first kappa shape index (κ1) is 32.2. The molecule has 2 nitrogen and oxygen atoms in total. The van der Waals surface area contributed by atoms with E-state index < -0.39 is 0 Å². The fraction of sp³-hybridized carbons (Fsp3) is 0.909. The summed E-state index contributed by atoms with van der Waals surface area (Å²) in [5.74, 6) is 1.62. The van der Waals surface area contributed by atoms with Crippen molar-refractivity contribution in [3.8, 4) is 0 Å². The van der Waals surface area contributed by atoms with Gasteiger partial charge in [-0.05, 0) is 37.5 Å². The molecule has 0 radical (unpaired) electrons. The molecule has 0 heterocycles. The van der Waals surface area contributed by atoms with Crippen molar-refractivity contribution in [3.63, 3.8) is 0 Å². The van der Waals surface area contributed by atoms with Gasteiger partial charge in [0, 0.05) is 0 Å². The van der Waals surface area contributed by atoms with Crippen LogP contribution in [0.15, 0.2) is 0 Å². The molecule has 27 heavy (non-hydrogen) atoms. The summed E-state index contributed by atoms with van der Waals surface area (Å²) in [6.07, 6.45) is 13.2. The molecule has 0 aromatic heterocycles. The van der Waals surface area contributed by atoms with Gasteiger partial charge >= 0.3 is 31.0 Å². The van der Waals surface area contributed by atoms with Crippen molar-refractivity contribution in [3.05, 3.63) is 0 Å². The Hall–Kier alpha value is 0.579. The molecule has 0 rings (SSSR count). The van der Waals surface area contributed by atoms with Gasteiger partial charge in [0.15, 0.2) is 0 Å². The molecule has 5 heteroatoms. The SMILES string of the molecule is CC(C)CCCCCCC([O-])=S.CC(C)CCCCCCC([O-])=S.[CH3][Sn+2][CH3]. The Morgan fingerprint density at radius 1 is 0.630 bits per heavy atom. The number of hydrogen-bond donors (Lipinski definition) is 0. The van der Waals surface area contributed by atoms with Gasteiger partial charge in [0.05, 0.1) is 0 Å². The van der Waals surface area contributed by atoms with Gasteiger partial charge in [-0.2, -0.15) is 0 Å². The molecular weight excluding hydrogens is 479 g/mol. The van der Waals surface area contributed by atoms with E-state index >= 15 is 0 Å². The maximum absolute atomic E-state index is 10.4. The van der Waals surface area contributed by atoms with Gasteiger partial charge in [-0.3, -0.25) is 0 Å². The van der Waals surface area contributed by atoms with E-state index in [4.69, 9.17) is 0 Å². The quantitative estimate of drug-likeness (QED) is 0.156. The Labute approximate surface area is 191 Å². The van der Waals surface area contributed by atoms with Crippen LogP contribution >= 0.6 is 24.4 Å². The van der Waals surface area contributed by atoms with Gasteiger partial charge in [0.1, 0.15) is 0 Å². The van der Waals surface area contributed by atoms with E-state index in [9.17, 15) is 10.2 Å². The fourth-order valence-corrected chi connectivity index (χ4v) is 2.64. The molecule has 0 bridgehead atoms. The molecule has 0 amide bonds. The van der Waals surface area contributed by atoms with Crippen molar-refractivity contribution >= 4 is 55.7 Å². The second-order valence-electron chi connectivity index (χ2n) is 7.94. The first-order chi connectivity index (χ1) is 12.7. The van der Waals surface area contributed by atoms with Gasteiger partial charge in [0.2, 0.25) is 0 Å². The molecule has 0 saturated carbocycles. The van der Waals surface area contributed by atoms with Crippen molar-refractivity contribution in [2.75, 3.05) is 0 Å².